The Morgan fingerprint density at radius 2 is 2.26 bits per heavy atom. The van der Waals surface area contributed by atoms with Gasteiger partial charge >= 0.3 is 0 Å². The molecule has 0 bridgehead atoms. The molecule has 1 atom stereocenters. The first kappa shape index (κ1) is 14.0. The third-order valence-electron chi connectivity index (χ3n) is 3.33. The average Bonchev–Trinajstić information content (AvgIpc) is 2.96. The van der Waals surface area contributed by atoms with E-state index in [4.69, 9.17) is 0 Å². The number of hydrogen-bond acceptors (Lipinski definition) is 4. The second kappa shape index (κ2) is 5.69. The molecular weight excluding hydrogens is 262 g/mol. The highest BCUT2D eigenvalue weighted by Gasteiger charge is 2.29. The van der Waals surface area contributed by atoms with Crippen LogP contribution in [0.4, 0.5) is 5.13 Å². The average molecular weight is 281 g/mol. The van der Waals surface area contributed by atoms with Gasteiger partial charge in [-0.15, -0.1) is 11.3 Å². The van der Waals surface area contributed by atoms with E-state index in [9.17, 15) is 9.59 Å². The number of hydrogen-bond donors (Lipinski definition) is 1. The van der Waals surface area contributed by atoms with Crippen LogP contribution in [0.1, 0.15) is 38.0 Å². The van der Waals surface area contributed by atoms with Crippen LogP contribution in [0.2, 0.25) is 0 Å². The lowest BCUT2D eigenvalue weighted by Gasteiger charge is -2.13. The van der Waals surface area contributed by atoms with Crippen molar-refractivity contribution in [3.63, 3.8) is 0 Å². The van der Waals surface area contributed by atoms with Crippen LogP contribution in [0.25, 0.3) is 0 Å². The number of carbonyl (C=O) groups is 2. The zero-order chi connectivity index (χ0) is 14.0. The predicted octanol–water partition coefficient (Wildman–Crippen LogP) is 2.07. The van der Waals surface area contributed by atoms with Gasteiger partial charge in [0.2, 0.25) is 11.8 Å². The molecule has 0 radical (unpaired) electrons. The molecule has 5 nitrogen and oxygen atoms in total. The van der Waals surface area contributed by atoms with E-state index in [0.717, 1.165) is 11.3 Å². The van der Waals surface area contributed by atoms with Crippen molar-refractivity contribution in [2.75, 3.05) is 18.4 Å². The molecule has 2 amide bonds. The van der Waals surface area contributed by atoms with Gasteiger partial charge in [-0.2, -0.15) is 0 Å². The van der Waals surface area contributed by atoms with E-state index in [1.54, 1.807) is 4.90 Å². The lowest BCUT2D eigenvalue weighted by Crippen LogP contribution is -2.29. The van der Waals surface area contributed by atoms with Gasteiger partial charge in [-0.3, -0.25) is 9.59 Å². The molecule has 1 fully saturated rings. The first-order valence-electron chi connectivity index (χ1n) is 6.49. The number of thiazole rings is 1. The lowest BCUT2D eigenvalue weighted by molar-refractivity contribution is -0.128. The van der Waals surface area contributed by atoms with Crippen molar-refractivity contribution in [1.29, 1.82) is 0 Å². The molecule has 0 aliphatic carbocycles. The number of nitrogens with zero attached hydrogens (tertiary/aromatic N) is 2. The number of rotatable bonds is 3. The Morgan fingerprint density at radius 1 is 1.53 bits per heavy atom. The summed E-state index contributed by atoms with van der Waals surface area (Å²) in [4.78, 5) is 30.4. The zero-order valence-electron chi connectivity index (χ0n) is 11.5. The highest BCUT2D eigenvalue weighted by molar-refractivity contribution is 7.15. The molecule has 1 aliphatic heterocycles. The van der Waals surface area contributed by atoms with Crippen LogP contribution in [-0.4, -0.2) is 34.8 Å². The summed E-state index contributed by atoms with van der Waals surface area (Å²) >= 11 is 1.51. The van der Waals surface area contributed by atoms with E-state index in [2.05, 4.69) is 24.1 Å². The van der Waals surface area contributed by atoms with E-state index < -0.39 is 0 Å². The number of nitrogens with one attached hydrogen (secondary N) is 1. The molecule has 6 heteroatoms. The standard InChI is InChI=1S/C13H19N3O2S/c1-8(2)11-6-14-13(19-11)15-12(18)10-4-5-16(7-10)9(3)17/h6,8,10H,4-5,7H2,1-3H3,(H,14,15,18). The highest BCUT2D eigenvalue weighted by Crippen LogP contribution is 2.26. The van der Waals surface area contributed by atoms with E-state index in [1.165, 1.54) is 18.3 Å². The molecule has 104 valence electrons. The summed E-state index contributed by atoms with van der Waals surface area (Å²) in [6, 6.07) is 0. The second-order valence-corrected chi connectivity index (χ2v) is 6.22. The molecule has 1 N–H and O–H groups in total. The van der Waals surface area contributed by atoms with Gasteiger partial charge in [0, 0.05) is 31.1 Å². The Balaban J connectivity index is 1.92. The van der Waals surface area contributed by atoms with E-state index in [1.807, 2.05) is 6.20 Å². The van der Waals surface area contributed by atoms with Crippen molar-refractivity contribution in [3.05, 3.63) is 11.1 Å². The monoisotopic (exact) mass is 281 g/mol. The number of carbonyl (C=O) groups excluding carboxylic acids is 2. The van der Waals surface area contributed by atoms with Crippen molar-refractivity contribution < 1.29 is 9.59 Å². The minimum Gasteiger partial charge on any atom is -0.342 e. The molecular formula is C13H19N3O2S. The largest absolute Gasteiger partial charge is 0.342 e. The third kappa shape index (κ3) is 3.32. The molecule has 2 rings (SSSR count). The summed E-state index contributed by atoms with van der Waals surface area (Å²) in [6.07, 6.45) is 2.54. The molecule has 1 aliphatic rings. The SMILES string of the molecule is CC(=O)N1CCC(C(=O)Nc2ncc(C(C)C)s2)C1. The number of amides is 2. The first-order valence-corrected chi connectivity index (χ1v) is 7.31. The number of aromatic nitrogens is 1. The van der Waals surface area contributed by atoms with Crippen LogP contribution >= 0.6 is 11.3 Å². The Hall–Kier alpha value is -1.43. The molecule has 19 heavy (non-hydrogen) atoms. The van der Waals surface area contributed by atoms with Crippen molar-refractivity contribution >= 4 is 28.3 Å². The summed E-state index contributed by atoms with van der Waals surface area (Å²) in [7, 11) is 0. The summed E-state index contributed by atoms with van der Waals surface area (Å²) in [5.41, 5.74) is 0. The summed E-state index contributed by atoms with van der Waals surface area (Å²) in [6.45, 7) is 6.92. The van der Waals surface area contributed by atoms with E-state index in [0.29, 0.717) is 24.1 Å². The Bertz CT molecular complexity index is 484. The van der Waals surface area contributed by atoms with Gasteiger partial charge in [0.25, 0.3) is 0 Å². The summed E-state index contributed by atoms with van der Waals surface area (Å²) < 4.78 is 0. The molecule has 1 saturated heterocycles. The molecule has 2 heterocycles. The van der Waals surface area contributed by atoms with E-state index >= 15 is 0 Å². The predicted molar refractivity (Wildman–Crippen MR) is 75.2 cm³/mol. The van der Waals surface area contributed by atoms with Crippen LogP contribution in [0.3, 0.4) is 0 Å². The maximum atomic E-state index is 12.1. The molecule has 1 aromatic rings. The number of likely N-dealkylation sites (tertiary alicyclic amines) is 1. The fourth-order valence-electron chi connectivity index (χ4n) is 2.08. The summed E-state index contributed by atoms with van der Waals surface area (Å²) in [5.74, 6) is 0.304. The molecule has 0 saturated carbocycles. The molecule has 1 unspecified atom stereocenters. The molecule has 1 aromatic heterocycles. The van der Waals surface area contributed by atoms with Gasteiger partial charge in [0.05, 0.1) is 5.92 Å². The number of anilines is 1. The quantitative estimate of drug-likeness (QED) is 0.922. The fourth-order valence-corrected chi connectivity index (χ4v) is 2.90. The third-order valence-corrected chi connectivity index (χ3v) is 4.54. The van der Waals surface area contributed by atoms with Crippen molar-refractivity contribution in [2.24, 2.45) is 5.92 Å². The van der Waals surface area contributed by atoms with Crippen molar-refractivity contribution in [2.45, 2.75) is 33.1 Å². The van der Waals surface area contributed by atoms with Crippen molar-refractivity contribution in [1.82, 2.24) is 9.88 Å². The van der Waals surface area contributed by atoms with Gasteiger partial charge < -0.3 is 10.2 Å². The van der Waals surface area contributed by atoms with E-state index in [-0.39, 0.29) is 17.7 Å². The van der Waals surface area contributed by atoms with Crippen LogP contribution in [0, 0.1) is 5.92 Å². The minimum atomic E-state index is -0.115. The Labute approximate surface area is 117 Å². The smallest absolute Gasteiger partial charge is 0.231 e. The normalized spacial score (nSPS) is 18.9. The minimum absolute atomic E-state index is 0.0339. The van der Waals surface area contributed by atoms with Crippen LogP contribution < -0.4 is 5.32 Å². The first-order chi connectivity index (χ1) is 8.97. The zero-order valence-corrected chi connectivity index (χ0v) is 12.3. The van der Waals surface area contributed by atoms with Gasteiger partial charge in [-0.1, -0.05) is 13.8 Å². The van der Waals surface area contributed by atoms with Crippen LogP contribution in [-0.2, 0) is 9.59 Å². The Morgan fingerprint density at radius 3 is 2.79 bits per heavy atom. The maximum absolute atomic E-state index is 12.1. The van der Waals surface area contributed by atoms with Gasteiger partial charge in [0.15, 0.2) is 5.13 Å². The lowest BCUT2D eigenvalue weighted by atomic mass is 10.1. The topological polar surface area (TPSA) is 62.3 Å². The van der Waals surface area contributed by atoms with Gasteiger partial charge in [-0.05, 0) is 12.3 Å². The van der Waals surface area contributed by atoms with Gasteiger partial charge in [-0.25, -0.2) is 4.98 Å². The van der Waals surface area contributed by atoms with Crippen molar-refractivity contribution in [3.8, 4) is 0 Å². The summed E-state index contributed by atoms with van der Waals surface area (Å²) in [5, 5.41) is 3.50. The van der Waals surface area contributed by atoms with Crippen LogP contribution in [0.15, 0.2) is 6.20 Å². The highest BCUT2D eigenvalue weighted by atomic mass is 32.1. The second-order valence-electron chi connectivity index (χ2n) is 5.16. The fraction of sp³-hybridized carbons (Fsp3) is 0.615. The Kier molecular flexibility index (Phi) is 4.19. The molecule has 0 spiro atoms. The van der Waals surface area contributed by atoms with Crippen LogP contribution in [0.5, 0.6) is 0 Å². The maximum Gasteiger partial charge on any atom is 0.231 e. The van der Waals surface area contributed by atoms with Gasteiger partial charge in [0.1, 0.15) is 0 Å². The molecule has 0 aromatic carbocycles.